The van der Waals surface area contributed by atoms with Crippen LogP contribution in [0.15, 0.2) is 97.1 Å². The molecule has 4 aromatic carbocycles. The second-order valence-electron chi connectivity index (χ2n) is 11.4. The molecule has 45 heavy (non-hydrogen) atoms. The second kappa shape index (κ2) is 13.5. The molecule has 0 saturated carbocycles. The average Bonchev–Trinajstić information content (AvgIpc) is 3.58. The van der Waals surface area contributed by atoms with Gasteiger partial charge in [0.15, 0.2) is 0 Å². The van der Waals surface area contributed by atoms with Crippen molar-refractivity contribution in [2.24, 2.45) is 0 Å². The number of hydrogen-bond acceptors (Lipinski definition) is 5. The van der Waals surface area contributed by atoms with E-state index >= 15 is 0 Å². The van der Waals surface area contributed by atoms with Gasteiger partial charge in [0.1, 0.15) is 6.61 Å². The van der Waals surface area contributed by atoms with Crippen molar-refractivity contribution in [1.29, 1.82) is 0 Å². The summed E-state index contributed by atoms with van der Waals surface area (Å²) in [5, 5.41) is 9.12. The minimum Gasteiger partial charge on any atom is -0.445 e. The van der Waals surface area contributed by atoms with Crippen LogP contribution in [0.4, 0.5) is 26.7 Å². The number of ether oxygens (including phenoxy) is 1. The summed E-state index contributed by atoms with van der Waals surface area (Å²) in [6.45, 7) is 1.87. The lowest BCUT2D eigenvalue weighted by molar-refractivity contribution is 0.0918. The van der Waals surface area contributed by atoms with Crippen LogP contribution < -0.4 is 16.0 Å². The first-order valence-electron chi connectivity index (χ1n) is 15.3. The molecule has 0 aromatic heterocycles. The standard InChI is InChI=1S/C36H37N5O4/c1-37-30-12-6-13-31(22-30)39-35(43)41-18-7-14-33(41)27-10-5-11-28(20-27)34(42)38-32-16-15-26-17-19-40(23-29(26)21-32)36(44)45-24-25-8-3-2-4-9-25/h2-6,8-13,15-16,20-22,33,37H,7,14,17-19,23-24H2,1H3,(H,38,42)(H,39,43). The Balaban J connectivity index is 1.09. The molecule has 2 heterocycles. The van der Waals surface area contributed by atoms with Crippen molar-refractivity contribution >= 4 is 35.1 Å². The van der Waals surface area contributed by atoms with Crippen molar-refractivity contribution in [3.05, 3.63) is 125 Å². The first-order valence-corrected chi connectivity index (χ1v) is 15.3. The van der Waals surface area contributed by atoms with Crippen molar-refractivity contribution in [3.8, 4) is 0 Å². The summed E-state index contributed by atoms with van der Waals surface area (Å²) in [5.41, 5.74) is 6.83. The van der Waals surface area contributed by atoms with Gasteiger partial charge >= 0.3 is 12.1 Å². The Morgan fingerprint density at radius 2 is 1.60 bits per heavy atom. The Hall–Kier alpha value is -5.31. The van der Waals surface area contributed by atoms with E-state index in [2.05, 4.69) is 16.0 Å². The van der Waals surface area contributed by atoms with Gasteiger partial charge in [0.2, 0.25) is 0 Å². The monoisotopic (exact) mass is 603 g/mol. The van der Waals surface area contributed by atoms with E-state index < -0.39 is 0 Å². The molecule has 1 unspecified atom stereocenters. The highest BCUT2D eigenvalue weighted by Crippen LogP contribution is 2.33. The fourth-order valence-electron chi connectivity index (χ4n) is 6.00. The maximum absolute atomic E-state index is 13.4. The molecule has 2 aliphatic rings. The predicted molar refractivity (Wildman–Crippen MR) is 175 cm³/mol. The summed E-state index contributed by atoms with van der Waals surface area (Å²) >= 11 is 0. The van der Waals surface area contributed by atoms with E-state index in [1.54, 1.807) is 11.0 Å². The number of amides is 4. The number of likely N-dealkylation sites (tertiary alicyclic amines) is 1. The van der Waals surface area contributed by atoms with Crippen molar-refractivity contribution in [1.82, 2.24) is 9.80 Å². The lowest BCUT2D eigenvalue weighted by atomic mass is 9.99. The first-order chi connectivity index (χ1) is 22.0. The van der Waals surface area contributed by atoms with Crippen LogP contribution in [0.3, 0.4) is 0 Å². The minimum atomic E-state index is -0.350. The minimum absolute atomic E-state index is 0.124. The number of benzene rings is 4. The topological polar surface area (TPSA) is 103 Å². The predicted octanol–water partition coefficient (Wildman–Crippen LogP) is 7.04. The first kappa shape index (κ1) is 29.7. The number of carbonyl (C=O) groups excluding carboxylic acids is 3. The van der Waals surface area contributed by atoms with Crippen LogP contribution in [-0.4, -0.2) is 48.0 Å². The molecule has 3 N–H and O–H groups in total. The number of fused-ring (bicyclic) bond motifs is 1. The van der Waals surface area contributed by atoms with Crippen molar-refractivity contribution in [2.45, 2.75) is 38.5 Å². The van der Waals surface area contributed by atoms with E-state index in [1.165, 1.54) is 0 Å². The lowest BCUT2D eigenvalue weighted by Gasteiger charge is -2.28. The van der Waals surface area contributed by atoms with E-state index in [1.807, 2.05) is 103 Å². The molecule has 4 aromatic rings. The zero-order valence-corrected chi connectivity index (χ0v) is 25.3. The van der Waals surface area contributed by atoms with Gasteiger partial charge < -0.3 is 30.5 Å². The molecule has 1 saturated heterocycles. The molecule has 0 aliphatic carbocycles. The molecule has 2 aliphatic heterocycles. The summed E-state index contributed by atoms with van der Waals surface area (Å²) in [6.07, 6.45) is 2.08. The van der Waals surface area contributed by atoms with Gasteiger partial charge in [0.25, 0.3) is 5.91 Å². The molecule has 9 heteroatoms. The zero-order valence-electron chi connectivity index (χ0n) is 25.3. The lowest BCUT2D eigenvalue weighted by Crippen LogP contribution is -2.36. The van der Waals surface area contributed by atoms with Gasteiger partial charge in [-0.3, -0.25) is 4.79 Å². The number of nitrogens with one attached hydrogen (secondary N) is 3. The largest absolute Gasteiger partial charge is 0.445 e. The third-order valence-corrected chi connectivity index (χ3v) is 8.39. The van der Waals surface area contributed by atoms with Gasteiger partial charge in [-0.2, -0.15) is 0 Å². The summed E-state index contributed by atoms with van der Waals surface area (Å²) in [4.78, 5) is 42.9. The summed E-state index contributed by atoms with van der Waals surface area (Å²) in [5.74, 6) is -0.232. The third kappa shape index (κ3) is 7.09. The fraction of sp³-hybridized carbons (Fsp3) is 0.250. The van der Waals surface area contributed by atoms with Crippen LogP contribution >= 0.6 is 0 Å². The number of rotatable bonds is 7. The highest BCUT2D eigenvalue weighted by atomic mass is 16.6. The number of nitrogens with zero attached hydrogens (tertiary/aromatic N) is 2. The molecule has 0 bridgehead atoms. The molecule has 1 atom stereocenters. The highest BCUT2D eigenvalue weighted by molar-refractivity contribution is 6.04. The third-order valence-electron chi connectivity index (χ3n) is 8.39. The van der Waals surface area contributed by atoms with Crippen LogP contribution in [0.5, 0.6) is 0 Å². The maximum atomic E-state index is 13.4. The molecule has 0 radical (unpaired) electrons. The van der Waals surface area contributed by atoms with Crippen LogP contribution in [-0.2, 0) is 24.3 Å². The van der Waals surface area contributed by atoms with Gasteiger partial charge in [-0.25, -0.2) is 9.59 Å². The molecule has 1 fully saturated rings. The van der Waals surface area contributed by atoms with Gasteiger partial charge in [0, 0.05) is 49.3 Å². The molecule has 4 amide bonds. The number of anilines is 3. The molecular weight excluding hydrogens is 566 g/mol. The Morgan fingerprint density at radius 1 is 0.800 bits per heavy atom. The van der Waals surface area contributed by atoms with Gasteiger partial charge in [-0.05, 0) is 84.0 Å². The van der Waals surface area contributed by atoms with E-state index in [0.717, 1.165) is 52.9 Å². The number of urea groups is 1. The highest BCUT2D eigenvalue weighted by Gasteiger charge is 2.30. The molecule has 0 spiro atoms. The normalized spacial score (nSPS) is 15.6. The molecule has 9 nitrogen and oxygen atoms in total. The van der Waals surface area contributed by atoms with E-state index in [9.17, 15) is 14.4 Å². The van der Waals surface area contributed by atoms with Gasteiger partial charge in [-0.1, -0.05) is 54.6 Å². The summed E-state index contributed by atoms with van der Waals surface area (Å²) in [6, 6.07) is 30.2. The van der Waals surface area contributed by atoms with Gasteiger partial charge in [-0.15, -0.1) is 0 Å². The SMILES string of the molecule is CNc1cccc(NC(=O)N2CCCC2c2cccc(C(=O)Nc3ccc4c(c3)CN(C(=O)OCc3ccccc3)CC4)c2)c1. The maximum Gasteiger partial charge on any atom is 0.410 e. The quantitative estimate of drug-likeness (QED) is 0.210. The van der Waals surface area contributed by atoms with Crippen LogP contribution in [0.1, 0.15) is 51.5 Å². The second-order valence-corrected chi connectivity index (χ2v) is 11.4. The van der Waals surface area contributed by atoms with Crippen LogP contribution in [0.25, 0.3) is 0 Å². The van der Waals surface area contributed by atoms with Gasteiger partial charge in [0.05, 0.1) is 6.04 Å². The van der Waals surface area contributed by atoms with E-state index in [-0.39, 0.29) is 30.7 Å². The smallest absolute Gasteiger partial charge is 0.410 e. The average molecular weight is 604 g/mol. The summed E-state index contributed by atoms with van der Waals surface area (Å²) < 4.78 is 5.54. The Bertz CT molecular complexity index is 1690. The van der Waals surface area contributed by atoms with Crippen LogP contribution in [0, 0.1) is 0 Å². The van der Waals surface area contributed by atoms with Crippen molar-refractivity contribution in [3.63, 3.8) is 0 Å². The van der Waals surface area contributed by atoms with Crippen LogP contribution in [0.2, 0.25) is 0 Å². The van der Waals surface area contributed by atoms with Crippen molar-refractivity contribution < 1.29 is 19.1 Å². The van der Waals surface area contributed by atoms with E-state index in [0.29, 0.717) is 30.9 Å². The summed E-state index contributed by atoms with van der Waals surface area (Å²) in [7, 11) is 1.84. The van der Waals surface area contributed by atoms with E-state index in [4.69, 9.17) is 4.74 Å². The molecule has 230 valence electrons. The number of hydrogen-bond donors (Lipinski definition) is 3. The Kier molecular flexibility index (Phi) is 8.96. The zero-order chi connectivity index (χ0) is 31.2. The van der Waals surface area contributed by atoms with Crippen molar-refractivity contribution in [2.75, 3.05) is 36.1 Å². The number of carbonyl (C=O) groups is 3. The fourth-order valence-corrected chi connectivity index (χ4v) is 6.00. The Labute approximate surface area is 263 Å². The Morgan fingerprint density at radius 3 is 2.44 bits per heavy atom. The molecular formula is C36H37N5O4. The molecule has 6 rings (SSSR count).